The van der Waals surface area contributed by atoms with Crippen LogP contribution >= 0.6 is 0 Å². The number of benzene rings is 1. The molecule has 1 aromatic carbocycles. The molecule has 0 radical (unpaired) electrons. The molecular weight excluding hydrogens is 292 g/mol. The fourth-order valence-corrected chi connectivity index (χ4v) is 3.42. The van der Waals surface area contributed by atoms with Gasteiger partial charge in [-0.3, -0.25) is 4.90 Å². The Hall–Kier alpha value is -1.46. The second kappa shape index (κ2) is 7.41. The minimum Gasteiger partial charge on any atom is -0.496 e. The van der Waals surface area contributed by atoms with Crippen LogP contribution in [0.1, 0.15) is 32.4 Å². The number of hydrogen-bond acceptors (Lipinski definition) is 5. The highest BCUT2D eigenvalue weighted by molar-refractivity contribution is 5.52. The fourth-order valence-electron chi connectivity index (χ4n) is 3.42. The summed E-state index contributed by atoms with van der Waals surface area (Å²) < 4.78 is 16.6. The van der Waals surface area contributed by atoms with E-state index >= 15 is 0 Å². The minimum absolute atomic E-state index is 0.0736. The van der Waals surface area contributed by atoms with Crippen LogP contribution in [0.2, 0.25) is 0 Å². The van der Waals surface area contributed by atoms with E-state index in [1.54, 1.807) is 21.3 Å². The van der Waals surface area contributed by atoms with Crippen molar-refractivity contribution in [3.63, 3.8) is 0 Å². The van der Waals surface area contributed by atoms with Crippen LogP contribution in [0, 0.1) is 5.41 Å². The van der Waals surface area contributed by atoms with Gasteiger partial charge in [0.15, 0.2) is 11.5 Å². The Morgan fingerprint density at radius 2 is 1.43 bits per heavy atom. The van der Waals surface area contributed by atoms with Gasteiger partial charge in [0.2, 0.25) is 0 Å². The molecule has 1 saturated heterocycles. The van der Waals surface area contributed by atoms with E-state index in [0.29, 0.717) is 5.75 Å². The Bertz CT molecular complexity index is 520. The molecule has 0 spiro atoms. The van der Waals surface area contributed by atoms with Gasteiger partial charge in [0, 0.05) is 43.9 Å². The van der Waals surface area contributed by atoms with E-state index in [1.807, 2.05) is 6.07 Å². The smallest absolute Gasteiger partial charge is 0.164 e. The zero-order chi connectivity index (χ0) is 17.0. The Balaban J connectivity index is 2.52. The largest absolute Gasteiger partial charge is 0.496 e. The monoisotopic (exact) mass is 322 g/mol. The maximum absolute atomic E-state index is 5.68. The average Bonchev–Trinajstić information content (AvgIpc) is 2.54. The first-order chi connectivity index (χ1) is 10.9. The van der Waals surface area contributed by atoms with Crippen LogP contribution in [0.4, 0.5) is 0 Å². The van der Waals surface area contributed by atoms with E-state index in [0.717, 1.165) is 43.2 Å². The van der Waals surface area contributed by atoms with Crippen molar-refractivity contribution in [1.82, 2.24) is 10.2 Å². The predicted molar refractivity (Wildman–Crippen MR) is 92.7 cm³/mol. The first-order valence-electron chi connectivity index (χ1n) is 8.17. The molecule has 130 valence electrons. The summed E-state index contributed by atoms with van der Waals surface area (Å²) in [4.78, 5) is 2.53. The zero-order valence-electron chi connectivity index (χ0n) is 15.2. The second-order valence-corrected chi connectivity index (χ2v) is 7.00. The van der Waals surface area contributed by atoms with E-state index in [9.17, 15) is 0 Å². The molecule has 1 aliphatic rings. The van der Waals surface area contributed by atoms with Crippen molar-refractivity contribution >= 4 is 0 Å². The Morgan fingerprint density at radius 1 is 0.913 bits per heavy atom. The molecule has 1 fully saturated rings. The lowest BCUT2D eigenvalue weighted by atomic mass is 9.80. The van der Waals surface area contributed by atoms with Crippen LogP contribution in [-0.4, -0.2) is 52.4 Å². The topological polar surface area (TPSA) is 43.0 Å². The number of piperazine rings is 1. The van der Waals surface area contributed by atoms with Crippen molar-refractivity contribution in [1.29, 1.82) is 0 Å². The molecule has 0 saturated carbocycles. The van der Waals surface area contributed by atoms with Gasteiger partial charge in [-0.2, -0.15) is 0 Å². The summed E-state index contributed by atoms with van der Waals surface area (Å²) in [7, 11) is 5.03. The number of nitrogens with zero attached hydrogens (tertiary/aromatic N) is 1. The molecule has 1 heterocycles. The second-order valence-electron chi connectivity index (χ2n) is 7.00. The number of nitrogens with one attached hydrogen (secondary N) is 1. The van der Waals surface area contributed by atoms with E-state index in [-0.39, 0.29) is 11.5 Å². The van der Waals surface area contributed by atoms with Gasteiger partial charge >= 0.3 is 0 Å². The molecule has 0 aliphatic carbocycles. The Morgan fingerprint density at radius 3 is 1.91 bits per heavy atom. The van der Waals surface area contributed by atoms with E-state index in [2.05, 4.69) is 37.1 Å². The summed E-state index contributed by atoms with van der Waals surface area (Å²) in [6.07, 6.45) is 0. The van der Waals surface area contributed by atoms with Gasteiger partial charge in [-0.25, -0.2) is 0 Å². The summed E-state index contributed by atoms with van der Waals surface area (Å²) in [6.45, 7) is 10.9. The maximum Gasteiger partial charge on any atom is 0.164 e. The van der Waals surface area contributed by atoms with Crippen LogP contribution in [0.25, 0.3) is 0 Å². The molecule has 5 heteroatoms. The van der Waals surface area contributed by atoms with Crippen LogP contribution in [0.15, 0.2) is 12.1 Å². The highest BCUT2D eigenvalue weighted by Crippen LogP contribution is 2.45. The van der Waals surface area contributed by atoms with Gasteiger partial charge in [-0.15, -0.1) is 0 Å². The van der Waals surface area contributed by atoms with Gasteiger partial charge in [-0.05, 0) is 11.5 Å². The first-order valence-corrected chi connectivity index (χ1v) is 8.17. The highest BCUT2D eigenvalue weighted by Gasteiger charge is 2.35. The lowest BCUT2D eigenvalue weighted by molar-refractivity contribution is 0.0839. The lowest BCUT2D eigenvalue weighted by Crippen LogP contribution is -2.48. The van der Waals surface area contributed by atoms with Gasteiger partial charge in [0.05, 0.1) is 21.3 Å². The Kier molecular flexibility index (Phi) is 5.76. The molecular formula is C18H30N2O3. The van der Waals surface area contributed by atoms with E-state index in [4.69, 9.17) is 14.2 Å². The van der Waals surface area contributed by atoms with Crippen molar-refractivity contribution in [2.45, 2.75) is 26.8 Å². The predicted octanol–water partition coefficient (Wildman–Crippen LogP) is 2.70. The number of ether oxygens (including phenoxy) is 3. The standard InChI is InChI=1S/C18H30N2O3/c1-18(2,3)17(20-9-7-19-8-10-20)13-11-15(22-5)16(23-6)12-14(13)21-4/h11-12,17,19H,7-10H2,1-6H3/t17-/m0/s1. The third-order valence-electron chi connectivity index (χ3n) is 4.37. The summed E-state index contributed by atoms with van der Waals surface area (Å²) in [6, 6.07) is 4.24. The number of methoxy groups -OCH3 is 3. The van der Waals surface area contributed by atoms with Crippen LogP contribution in [0.5, 0.6) is 17.2 Å². The molecule has 0 bridgehead atoms. The summed E-state index contributed by atoms with van der Waals surface area (Å²) in [5.74, 6) is 2.29. The molecule has 2 rings (SSSR count). The molecule has 1 aromatic rings. The van der Waals surface area contributed by atoms with Gasteiger partial charge in [0.1, 0.15) is 5.75 Å². The summed E-state index contributed by atoms with van der Waals surface area (Å²) in [5, 5.41) is 3.42. The SMILES string of the molecule is COc1cc(OC)c([C@H](N2CCNCC2)C(C)(C)C)cc1OC. The van der Waals surface area contributed by atoms with Crippen LogP contribution < -0.4 is 19.5 Å². The Labute approximate surface area is 139 Å². The van der Waals surface area contributed by atoms with E-state index in [1.165, 1.54) is 0 Å². The lowest BCUT2D eigenvalue weighted by Gasteiger charge is -2.43. The number of rotatable bonds is 5. The summed E-state index contributed by atoms with van der Waals surface area (Å²) >= 11 is 0. The normalized spacial score (nSPS) is 17.7. The van der Waals surface area contributed by atoms with Crippen LogP contribution in [0.3, 0.4) is 0 Å². The van der Waals surface area contributed by atoms with Crippen molar-refractivity contribution in [3.8, 4) is 17.2 Å². The first kappa shape index (κ1) is 17.9. The van der Waals surface area contributed by atoms with Crippen molar-refractivity contribution in [2.24, 2.45) is 5.41 Å². The molecule has 0 unspecified atom stereocenters. The maximum atomic E-state index is 5.68. The molecule has 0 amide bonds. The van der Waals surface area contributed by atoms with Gasteiger partial charge in [0.25, 0.3) is 0 Å². The van der Waals surface area contributed by atoms with Crippen molar-refractivity contribution in [2.75, 3.05) is 47.5 Å². The van der Waals surface area contributed by atoms with E-state index < -0.39 is 0 Å². The van der Waals surface area contributed by atoms with Crippen molar-refractivity contribution in [3.05, 3.63) is 17.7 Å². The highest BCUT2D eigenvalue weighted by atomic mass is 16.5. The molecule has 1 N–H and O–H groups in total. The zero-order valence-corrected chi connectivity index (χ0v) is 15.2. The van der Waals surface area contributed by atoms with Gasteiger partial charge in [-0.1, -0.05) is 20.8 Å². The molecule has 1 atom stereocenters. The quantitative estimate of drug-likeness (QED) is 0.903. The molecule has 1 aliphatic heterocycles. The molecule has 23 heavy (non-hydrogen) atoms. The average molecular weight is 322 g/mol. The van der Waals surface area contributed by atoms with Gasteiger partial charge < -0.3 is 19.5 Å². The van der Waals surface area contributed by atoms with Crippen LogP contribution in [-0.2, 0) is 0 Å². The molecule has 5 nitrogen and oxygen atoms in total. The summed E-state index contributed by atoms with van der Waals surface area (Å²) in [5.41, 5.74) is 1.23. The third-order valence-corrected chi connectivity index (χ3v) is 4.37. The molecule has 0 aromatic heterocycles. The third kappa shape index (κ3) is 3.90. The fraction of sp³-hybridized carbons (Fsp3) is 0.667. The van der Waals surface area contributed by atoms with Crippen molar-refractivity contribution < 1.29 is 14.2 Å². The number of hydrogen-bond donors (Lipinski definition) is 1. The minimum atomic E-state index is 0.0736.